The summed E-state index contributed by atoms with van der Waals surface area (Å²) in [4.78, 5) is 14.4. The molecule has 0 saturated heterocycles. The minimum absolute atomic E-state index is 0.0242. The second kappa shape index (κ2) is 3.99. The van der Waals surface area contributed by atoms with E-state index in [2.05, 4.69) is 0 Å². The summed E-state index contributed by atoms with van der Waals surface area (Å²) in [5.74, 6) is 5.14. The van der Waals surface area contributed by atoms with E-state index in [9.17, 15) is 13.2 Å². The highest BCUT2D eigenvalue weighted by Crippen LogP contribution is 2.32. The van der Waals surface area contributed by atoms with Crippen LogP contribution >= 0.6 is 0 Å². The molecule has 1 heterocycles. The molecule has 0 aromatic heterocycles. The molecule has 1 amide bonds. The molecule has 92 valence electrons. The smallest absolute Gasteiger partial charge is 0.264 e. The fraction of sp³-hybridized carbons (Fsp3) is 0.222. The van der Waals surface area contributed by atoms with Crippen molar-refractivity contribution < 1.29 is 17.9 Å². The van der Waals surface area contributed by atoms with E-state index >= 15 is 0 Å². The molecule has 1 aliphatic rings. The molecule has 0 radical (unpaired) electrons. The minimum atomic E-state index is -3.74. The summed E-state index contributed by atoms with van der Waals surface area (Å²) >= 11 is 0. The number of hydrogen-bond acceptors (Lipinski definition) is 5. The van der Waals surface area contributed by atoms with Crippen molar-refractivity contribution in [1.82, 2.24) is 4.83 Å². The van der Waals surface area contributed by atoms with E-state index in [1.54, 1.807) is 11.9 Å². The van der Waals surface area contributed by atoms with Crippen molar-refractivity contribution in [2.24, 2.45) is 5.84 Å². The normalized spacial score (nSPS) is 15.4. The number of nitrogens with one attached hydrogen (secondary N) is 1. The summed E-state index contributed by atoms with van der Waals surface area (Å²) in [7, 11) is -2.19. The number of carbonyl (C=O) groups excluding carboxylic acids is 1. The Morgan fingerprint density at radius 2 is 2.18 bits per heavy atom. The van der Waals surface area contributed by atoms with Gasteiger partial charge in [0.15, 0.2) is 6.61 Å². The quantitative estimate of drug-likeness (QED) is 0.533. The number of rotatable bonds is 2. The number of anilines is 1. The lowest BCUT2D eigenvalue weighted by atomic mass is 10.2. The van der Waals surface area contributed by atoms with E-state index in [0.717, 1.165) is 0 Å². The largest absolute Gasteiger partial charge is 0.482 e. The number of amides is 1. The van der Waals surface area contributed by atoms with Crippen LogP contribution in [-0.4, -0.2) is 28.0 Å². The summed E-state index contributed by atoms with van der Waals surface area (Å²) in [6, 6.07) is 4.18. The van der Waals surface area contributed by atoms with Gasteiger partial charge in [-0.1, -0.05) is 0 Å². The Balaban J connectivity index is 2.54. The number of ether oxygens (including phenoxy) is 1. The Morgan fingerprint density at radius 3 is 2.82 bits per heavy atom. The third-order valence-corrected chi connectivity index (χ3v) is 3.67. The van der Waals surface area contributed by atoms with Crippen LogP contribution in [0.15, 0.2) is 23.1 Å². The number of likely N-dealkylation sites (N-methyl/N-ethyl adjacent to an activating group) is 1. The molecule has 3 N–H and O–H groups in total. The number of fused-ring (bicyclic) bond motifs is 1. The molecule has 0 fully saturated rings. The summed E-state index contributed by atoms with van der Waals surface area (Å²) < 4.78 is 28.2. The Labute approximate surface area is 98.2 Å². The van der Waals surface area contributed by atoms with Gasteiger partial charge in [0.1, 0.15) is 5.75 Å². The van der Waals surface area contributed by atoms with Crippen LogP contribution in [0.2, 0.25) is 0 Å². The third kappa shape index (κ3) is 1.97. The topological polar surface area (TPSA) is 102 Å². The lowest BCUT2D eigenvalue weighted by molar-refractivity contribution is -0.120. The maximum absolute atomic E-state index is 11.5. The highest BCUT2D eigenvalue weighted by molar-refractivity contribution is 7.89. The van der Waals surface area contributed by atoms with Crippen LogP contribution < -0.4 is 20.3 Å². The fourth-order valence-corrected chi connectivity index (χ4v) is 2.14. The fourth-order valence-electron chi connectivity index (χ4n) is 1.49. The van der Waals surface area contributed by atoms with Gasteiger partial charge in [-0.05, 0) is 18.2 Å². The van der Waals surface area contributed by atoms with E-state index in [0.29, 0.717) is 11.4 Å². The number of nitrogens with two attached hydrogens (primary N) is 1. The van der Waals surface area contributed by atoms with Gasteiger partial charge in [-0.25, -0.2) is 8.42 Å². The summed E-state index contributed by atoms with van der Waals surface area (Å²) in [5.41, 5.74) is 0.401. The SMILES string of the molecule is CN1C(=O)COc2ccc(S(=O)(=O)NN)cc21. The van der Waals surface area contributed by atoms with Gasteiger partial charge >= 0.3 is 0 Å². The van der Waals surface area contributed by atoms with E-state index in [1.807, 2.05) is 0 Å². The average Bonchev–Trinajstić information content (AvgIpc) is 2.33. The van der Waals surface area contributed by atoms with Crippen LogP contribution in [0.4, 0.5) is 5.69 Å². The predicted octanol–water partition coefficient (Wildman–Crippen LogP) is -0.806. The zero-order chi connectivity index (χ0) is 12.6. The third-order valence-electron chi connectivity index (χ3n) is 2.48. The van der Waals surface area contributed by atoms with Crippen molar-refractivity contribution >= 4 is 21.6 Å². The predicted molar refractivity (Wildman–Crippen MR) is 59.9 cm³/mol. The highest BCUT2D eigenvalue weighted by atomic mass is 32.2. The van der Waals surface area contributed by atoms with Crippen molar-refractivity contribution in [2.45, 2.75) is 4.90 Å². The molecule has 0 spiro atoms. The lowest BCUT2D eigenvalue weighted by Gasteiger charge is -2.26. The number of sulfonamides is 1. The number of hydrazine groups is 1. The van der Waals surface area contributed by atoms with Gasteiger partial charge in [0, 0.05) is 7.05 Å². The van der Waals surface area contributed by atoms with E-state index in [4.69, 9.17) is 10.6 Å². The van der Waals surface area contributed by atoms with Crippen LogP contribution in [0, 0.1) is 0 Å². The van der Waals surface area contributed by atoms with Crippen LogP contribution in [0.5, 0.6) is 5.75 Å². The van der Waals surface area contributed by atoms with Crippen molar-refractivity contribution in [3.8, 4) is 5.75 Å². The average molecular weight is 257 g/mol. The molecule has 1 aliphatic heterocycles. The van der Waals surface area contributed by atoms with Gasteiger partial charge in [0.05, 0.1) is 10.6 Å². The monoisotopic (exact) mass is 257 g/mol. The van der Waals surface area contributed by atoms with Gasteiger partial charge in [-0.2, -0.15) is 4.83 Å². The van der Waals surface area contributed by atoms with Crippen LogP contribution in [0.25, 0.3) is 0 Å². The molecular formula is C9H11N3O4S. The molecule has 0 bridgehead atoms. The van der Waals surface area contributed by atoms with Gasteiger partial charge in [-0.3, -0.25) is 10.6 Å². The minimum Gasteiger partial charge on any atom is -0.482 e. The van der Waals surface area contributed by atoms with E-state index < -0.39 is 10.0 Å². The van der Waals surface area contributed by atoms with Gasteiger partial charge < -0.3 is 9.64 Å². The molecule has 0 atom stereocenters. The number of carbonyl (C=O) groups is 1. The number of hydrogen-bond donors (Lipinski definition) is 2. The van der Waals surface area contributed by atoms with Crippen molar-refractivity contribution in [3.63, 3.8) is 0 Å². The molecule has 0 unspecified atom stereocenters. The molecule has 0 saturated carbocycles. The zero-order valence-electron chi connectivity index (χ0n) is 9.00. The maximum Gasteiger partial charge on any atom is 0.264 e. The lowest BCUT2D eigenvalue weighted by Crippen LogP contribution is -2.36. The van der Waals surface area contributed by atoms with Crippen LogP contribution in [0.1, 0.15) is 0 Å². The van der Waals surface area contributed by atoms with Crippen molar-refractivity contribution in [3.05, 3.63) is 18.2 Å². The highest BCUT2D eigenvalue weighted by Gasteiger charge is 2.24. The Kier molecular flexibility index (Phi) is 2.77. The molecule has 1 aromatic carbocycles. The standard InChI is InChI=1S/C9H11N3O4S/c1-12-7-4-6(17(14,15)11-10)2-3-8(7)16-5-9(12)13/h2-4,11H,5,10H2,1H3. The number of benzene rings is 1. The zero-order valence-corrected chi connectivity index (χ0v) is 9.82. The first-order chi connectivity index (χ1) is 7.95. The Morgan fingerprint density at radius 1 is 1.47 bits per heavy atom. The molecule has 1 aromatic rings. The van der Waals surface area contributed by atoms with Gasteiger partial charge in [0.25, 0.3) is 15.9 Å². The van der Waals surface area contributed by atoms with Crippen molar-refractivity contribution in [1.29, 1.82) is 0 Å². The molecule has 17 heavy (non-hydrogen) atoms. The second-order valence-corrected chi connectivity index (χ2v) is 5.21. The van der Waals surface area contributed by atoms with Gasteiger partial charge in [-0.15, -0.1) is 0 Å². The summed E-state index contributed by atoms with van der Waals surface area (Å²) in [5, 5.41) is 0. The molecular weight excluding hydrogens is 246 g/mol. The maximum atomic E-state index is 11.5. The molecule has 0 aliphatic carbocycles. The first-order valence-electron chi connectivity index (χ1n) is 4.71. The van der Waals surface area contributed by atoms with E-state index in [1.165, 1.54) is 23.1 Å². The van der Waals surface area contributed by atoms with Gasteiger partial charge in [0.2, 0.25) is 0 Å². The molecule has 8 heteroatoms. The first-order valence-corrected chi connectivity index (χ1v) is 6.20. The van der Waals surface area contributed by atoms with E-state index in [-0.39, 0.29) is 17.4 Å². The van der Waals surface area contributed by atoms with Crippen molar-refractivity contribution in [2.75, 3.05) is 18.6 Å². The Bertz CT molecular complexity index is 570. The summed E-state index contributed by atoms with van der Waals surface area (Å²) in [6.07, 6.45) is 0. The second-order valence-electron chi connectivity index (χ2n) is 3.49. The molecule has 2 rings (SSSR count). The Hall–Kier alpha value is -1.64. The molecule has 7 nitrogen and oxygen atoms in total. The van der Waals surface area contributed by atoms with Crippen LogP contribution in [-0.2, 0) is 14.8 Å². The van der Waals surface area contributed by atoms with Crippen LogP contribution in [0.3, 0.4) is 0 Å². The summed E-state index contributed by atoms with van der Waals surface area (Å²) in [6.45, 7) is -0.0509. The number of nitrogens with zero attached hydrogens (tertiary/aromatic N) is 1. The first kappa shape index (κ1) is 11.8.